The van der Waals surface area contributed by atoms with Crippen molar-refractivity contribution in [3.05, 3.63) is 94.9 Å². The maximum Gasteiger partial charge on any atom is 0.344 e. The van der Waals surface area contributed by atoms with Gasteiger partial charge in [-0.2, -0.15) is 0 Å². The average Bonchev–Trinajstić information content (AvgIpc) is 2.79. The number of allylic oxidation sites excluding steroid dienone is 1. The lowest BCUT2D eigenvalue weighted by atomic mass is 10.1. The minimum Gasteiger partial charge on any atom is -0.489 e. The molecule has 32 heavy (non-hydrogen) atoms. The summed E-state index contributed by atoms with van der Waals surface area (Å²) in [5.41, 5.74) is 2.92. The van der Waals surface area contributed by atoms with Crippen molar-refractivity contribution in [2.24, 2.45) is 0 Å². The number of nitrogens with one attached hydrogen (secondary N) is 1. The van der Waals surface area contributed by atoms with Crippen molar-refractivity contribution in [2.75, 3.05) is 17.6 Å². The molecule has 0 bridgehead atoms. The van der Waals surface area contributed by atoms with Crippen LogP contribution in [0.3, 0.4) is 0 Å². The van der Waals surface area contributed by atoms with Gasteiger partial charge in [-0.15, -0.1) is 0 Å². The van der Waals surface area contributed by atoms with E-state index in [9.17, 15) is 9.59 Å². The largest absolute Gasteiger partial charge is 0.489 e. The molecule has 2 N–H and O–H groups in total. The first-order valence-corrected chi connectivity index (χ1v) is 11.0. The molecule has 0 aliphatic carbocycles. The van der Waals surface area contributed by atoms with Crippen LogP contribution < -0.4 is 15.1 Å². The summed E-state index contributed by atoms with van der Waals surface area (Å²) < 4.78 is 14.4. The van der Waals surface area contributed by atoms with Crippen molar-refractivity contribution in [1.82, 2.24) is 0 Å². The Morgan fingerprint density at radius 1 is 1.22 bits per heavy atom. The molecule has 2 aromatic carbocycles. The van der Waals surface area contributed by atoms with Crippen molar-refractivity contribution in [1.29, 1.82) is 0 Å². The quantitative estimate of drug-likeness (QED) is 0.188. The Hall–Kier alpha value is -3.71. The van der Waals surface area contributed by atoms with Crippen LogP contribution in [0.2, 0.25) is 0 Å². The first-order valence-electron chi connectivity index (χ1n) is 9.78. The number of ether oxygens (including phenoxy) is 1. The summed E-state index contributed by atoms with van der Waals surface area (Å²) >= 11 is 1.49. The minimum atomic E-state index is -1.02. The molecule has 1 aromatic heterocycles. The van der Waals surface area contributed by atoms with Crippen molar-refractivity contribution in [2.45, 2.75) is 6.92 Å². The van der Waals surface area contributed by atoms with E-state index in [4.69, 9.17) is 14.3 Å². The second-order valence-electron chi connectivity index (χ2n) is 6.79. The second-order valence-corrected chi connectivity index (χ2v) is 7.40. The van der Waals surface area contributed by atoms with Gasteiger partial charge in [0.2, 0.25) is 0 Å². The van der Waals surface area contributed by atoms with Gasteiger partial charge in [0.1, 0.15) is 17.9 Å². The molecular weight excluding hydrogens is 426 g/mol. The standard InChI is InChI=1S/C25H23NO5S/c1-4-16(12-17(5-2)24(27)28)15-30-21-11-8-19-13-22(25(29)31-23(19)14-21)18-6-9-20(10-7-18)26-32-3/h4-14,26H,1,15H2,2-3H3,(H,27,28)/b16-12+,17-5+. The van der Waals surface area contributed by atoms with Gasteiger partial charge in [0.25, 0.3) is 0 Å². The topological polar surface area (TPSA) is 88.8 Å². The number of fused-ring (bicyclic) bond motifs is 1. The Morgan fingerprint density at radius 3 is 2.59 bits per heavy atom. The van der Waals surface area contributed by atoms with Gasteiger partial charge in [0.05, 0.1) is 11.1 Å². The molecule has 0 amide bonds. The summed E-state index contributed by atoms with van der Waals surface area (Å²) in [7, 11) is 0. The number of aliphatic carboxylic acids is 1. The van der Waals surface area contributed by atoms with E-state index in [1.807, 2.05) is 36.6 Å². The normalized spacial score (nSPS) is 11.9. The molecule has 0 fully saturated rings. The van der Waals surface area contributed by atoms with E-state index in [1.165, 1.54) is 24.1 Å². The first-order chi connectivity index (χ1) is 15.4. The number of rotatable bonds is 9. The fourth-order valence-corrected chi connectivity index (χ4v) is 3.38. The summed E-state index contributed by atoms with van der Waals surface area (Å²) in [5, 5.41) is 9.92. The van der Waals surface area contributed by atoms with Gasteiger partial charge in [-0.1, -0.05) is 42.8 Å². The van der Waals surface area contributed by atoms with Crippen LogP contribution in [0.5, 0.6) is 5.75 Å². The number of carbonyl (C=O) groups is 1. The molecule has 0 aliphatic rings. The van der Waals surface area contributed by atoms with Crippen LogP contribution in [-0.4, -0.2) is 23.9 Å². The molecule has 0 saturated heterocycles. The minimum absolute atomic E-state index is 0.123. The Bertz CT molecular complexity index is 1260. The molecule has 3 aromatic rings. The first kappa shape index (κ1) is 23.0. The third-order valence-electron chi connectivity index (χ3n) is 4.69. The molecule has 6 nitrogen and oxygen atoms in total. The molecule has 0 aliphatic heterocycles. The molecule has 0 atom stereocenters. The van der Waals surface area contributed by atoms with Crippen LogP contribution in [-0.2, 0) is 4.79 Å². The highest BCUT2D eigenvalue weighted by Crippen LogP contribution is 2.26. The fourth-order valence-electron chi connectivity index (χ4n) is 3.01. The predicted molar refractivity (Wildman–Crippen MR) is 130 cm³/mol. The SMILES string of the molecule is C=C/C(=C\C(=C/C)C(=O)O)COc1ccc2cc(-c3ccc(NSC)cc3)c(=O)oc2c1. The highest BCUT2D eigenvalue weighted by atomic mass is 32.2. The van der Waals surface area contributed by atoms with Crippen molar-refractivity contribution in [3.63, 3.8) is 0 Å². The lowest BCUT2D eigenvalue weighted by Crippen LogP contribution is -2.04. The number of hydrogen-bond acceptors (Lipinski definition) is 6. The molecule has 0 saturated carbocycles. The Kier molecular flexibility index (Phi) is 7.57. The number of carboxylic acids is 1. The number of hydrogen-bond donors (Lipinski definition) is 2. The summed E-state index contributed by atoms with van der Waals surface area (Å²) in [6.07, 6.45) is 6.48. The fraction of sp³-hybridized carbons (Fsp3) is 0.120. The molecule has 0 radical (unpaired) electrons. The van der Waals surface area contributed by atoms with E-state index in [0.717, 1.165) is 16.6 Å². The highest BCUT2D eigenvalue weighted by Gasteiger charge is 2.10. The van der Waals surface area contributed by atoms with Crippen LogP contribution in [0, 0.1) is 0 Å². The van der Waals surface area contributed by atoms with Gasteiger partial charge in [-0.05, 0) is 54.5 Å². The highest BCUT2D eigenvalue weighted by molar-refractivity contribution is 7.99. The van der Waals surface area contributed by atoms with Crippen molar-refractivity contribution < 1.29 is 19.1 Å². The molecule has 0 unspecified atom stereocenters. The third-order valence-corrected chi connectivity index (χ3v) is 5.13. The van der Waals surface area contributed by atoms with E-state index in [2.05, 4.69) is 11.3 Å². The predicted octanol–water partition coefficient (Wildman–Crippen LogP) is 5.67. The van der Waals surface area contributed by atoms with Crippen LogP contribution in [0.1, 0.15) is 6.92 Å². The maximum absolute atomic E-state index is 12.6. The maximum atomic E-state index is 12.6. The van der Waals surface area contributed by atoms with Gasteiger partial charge < -0.3 is 19.0 Å². The zero-order valence-corrected chi connectivity index (χ0v) is 18.6. The summed E-state index contributed by atoms with van der Waals surface area (Å²) in [6.45, 7) is 5.48. The number of benzene rings is 2. The lowest BCUT2D eigenvalue weighted by molar-refractivity contribution is -0.132. The van der Waals surface area contributed by atoms with Gasteiger partial charge in [-0.3, -0.25) is 0 Å². The summed E-state index contributed by atoms with van der Waals surface area (Å²) in [5.74, 6) is -0.531. The van der Waals surface area contributed by atoms with Gasteiger partial charge in [0.15, 0.2) is 0 Å². The van der Waals surface area contributed by atoms with E-state index >= 15 is 0 Å². The molecule has 7 heteroatoms. The van der Waals surface area contributed by atoms with E-state index in [1.54, 1.807) is 31.2 Å². The van der Waals surface area contributed by atoms with Gasteiger partial charge in [-0.25, -0.2) is 9.59 Å². The molecule has 164 valence electrons. The van der Waals surface area contributed by atoms with Crippen molar-refractivity contribution in [3.8, 4) is 16.9 Å². The summed E-state index contributed by atoms with van der Waals surface area (Å²) in [4.78, 5) is 23.8. The Balaban J connectivity index is 1.83. The van der Waals surface area contributed by atoms with Crippen LogP contribution in [0.15, 0.2) is 93.7 Å². The van der Waals surface area contributed by atoms with E-state index < -0.39 is 11.6 Å². The number of anilines is 1. The zero-order valence-electron chi connectivity index (χ0n) is 17.8. The Labute approximate surface area is 190 Å². The van der Waals surface area contributed by atoms with Gasteiger partial charge >= 0.3 is 11.6 Å². The molecule has 0 spiro atoms. The lowest BCUT2D eigenvalue weighted by Gasteiger charge is -2.09. The molecule has 1 heterocycles. The van der Waals surface area contributed by atoms with Crippen LogP contribution >= 0.6 is 11.9 Å². The van der Waals surface area contributed by atoms with E-state index in [-0.39, 0.29) is 12.2 Å². The van der Waals surface area contributed by atoms with Gasteiger partial charge in [0, 0.05) is 23.4 Å². The second kappa shape index (κ2) is 10.5. The molecular formula is C25H23NO5S. The average molecular weight is 450 g/mol. The van der Waals surface area contributed by atoms with E-state index in [0.29, 0.717) is 22.5 Å². The molecule has 3 rings (SSSR count). The monoisotopic (exact) mass is 449 g/mol. The third kappa shape index (κ3) is 5.50. The van der Waals surface area contributed by atoms with Crippen LogP contribution in [0.25, 0.3) is 22.1 Å². The smallest absolute Gasteiger partial charge is 0.344 e. The summed E-state index contributed by atoms with van der Waals surface area (Å²) in [6, 6.07) is 14.6. The Morgan fingerprint density at radius 2 is 1.97 bits per heavy atom. The van der Waals surface area contributed by atoms with Crippen LogP contribution in [0.4, 0.5) is 5.69 Å². The van der Waals surface area contributed by atoms with Crippen molar-refractivity contribution >= 4 is 34.6 Å². The zero-order chi connectivity index (χ0) is 23.1. The number of carboxylic acid groups (broad SMARTS) is 1.